The molecule has 0 aliphatic heterocycles. The normalized spacial score (nSPS) is 14.6. The van der Waals surface area contributed by atoms with Crippen LogP contribution in [0.25, 0.3) is 0 Å². The molecule has 0 aromatic heterocycles. The van der Waals surface area contributed by atoms with Gasteiger partial charge in [0.25, 0.3) is 0 Å². The lowest BCUT2D eigenvalue weighted by Crippen LogP contribution is -2.53. The van der Waals surface area contributed by atoms with E-state index in [1.807, 2.05) is 18.2 Å². The zero-order valence-electron chi connectivity index (χ0n) is 12.5. The van der Waals surface area contributed by atoms with Crippen LogP contribution in [0.3, 0.4) is 0 Å². The Hall–Kier alpha value is -0.570. The fourth-order valence-corrected chi connectivity index (χ4v) is 2.76. The molecule has 108 valence electrons. The molecule has 0 bridgehead atoms. The van der Waals surface area contributed by atoms with E-state index >= 15 is 0 Å². The Kier molecular flexibility index (Phi) is 6.84. The summed E-state index contributed by atoms with van der Waals surface area (Å²) in [5.41, 5.74) is 7.25. The quantitative estimate of drug-likeness (QED) is 0.787. The number of benzene rings is 1. The molecule has 3 heteroatoms. The third kappa shape index (κ3) is 4.48. The number of nitrogens with zero attached hydrogens (tertiary/aromatic N) is 1. The molecule has 0 heterocycles. The van der Waals surface area contributed by atoms with E-state index in [0.717, 1.165) is 37.4 Å². The summed E-state index contributed by atoms with van der Waals surface area (Å²) in [7, 11) is 0. The maximum atomic E-state index is 6.29. The van der Waals surface area contributed by atoms with Crippen molar-refractivity contribution in [3.8, 4) is 0 Å². The van der Waals surface area contributed by atoms with Gasteiger partial charge in [-0.2, -0.15) is 0 Å². The topological polar surface area (TPSA) is 29.3 Å². The molecule has 19 heavy (non-hydrogen) atoms. The van der Waals surface area contributed by atoms with E-state index in [2.05, 4.69) is 31.7 Å². The first-order valence-electron chi connectivity index (χ1n) is 7.26. The molecule has 0 radical (unpaired) electrons. The summed E-state index contributed by atoms with van der Waals surface area (Å²) in [6.45, 7) is 9.52. The minimum Gasteiger partial charge on any atom is -0.329 e. The molecule has 2 N–H and O–H groups in total. The summed E-state index contributed by atoms with van der Waals surface area (Å²) in [5.74, 6) is 0. The number of hydrogen-bond donors (Lipinski definition) is 1. The van der Waals surface area contributed by atoms with Gasteiger partial charge in [-0.3, -0.25) is 4.90 Å². The predicted molar refractivity (Wildman–Crippen MR) is 84.8 cm³/mol. The van der Waals surface area contributed by atoms with E-state index in [1.54, 1.807) is 0 Å². The first-order chi connectivity index (χ1) is 9.07. The van der Waals surface area contributed by atoms with Gasteiger partial charge < -0.3 is 5.73 Å². The van der Waals surface area contributed by atoms with Gasteiger partial charge in [-0.1, -0.05) is 43.6 Å². The minimum atomic E-state index is -0.0169. The summed E-state index contributed by atoms with van der Waals surface area (Å²) < 4.78 is 0. The molecule has 0 aliphatic rings. The van der Waals surface area contributed by atoms with E-state index in [0.29, 0.717) is 6.54 Å². The molecule has 1 aromatic carbocycles. The van der Waals surface area contributed by atoms with Crippen LogP contribution in [0.4, 0.5) is 0 Å². The third-order valence-corrected chi connectivity index (χ3v) is 4.09. The van der Waals surface area contributed by atoms with E-state index in [-0.39, 0.29) is 5.54 Å². The summed E-state index contributed by atoms with van der Waals surface area (Å²) in [5, 5.41) is 0.843. The Labute approximate surface area is 122 Å². The van der Waals surface area contributed by atoms with Crippen LogP contribution < -0.4 is 5.73 Å². The number of rotatable bonds is 8. The molecule has 2 nitrogen and oxygen atoms in total. The lowest BCUT2D eigenvalue weighted by Gasteiger charge is -2.41. The number of nitrogens with two attached hydrogens (primary N) is 1. The Morgan fingerprint density at radius 2 is 1.74 bits per heavy atom. The third-order valence-electron chi connectivity index (χ3n) is 3.72. The predicted octanol–water partition coefficient (Wildman–Crippen LogP) is 3.72. The largest absolute Gasteiger partial charge is 0.329 e. The zero-order valence-corrected chi connectivity index (χ0v) is 13.2. The van der Waals surface area contributed by atoms with Crippen molar-refractivity contribution in [1.29, 1.82) is 0 Å². The van der Waals surface area contributed by atoms with Crippen molar-refractivity contribution in [2.75, 3.05) is 19.6 Å². The van der Waals surface area contributed by atoms with Crippen LogP contribution in [-0.2, 0) is 6.42 Å². The number of halogens is 1. The molecule has 0 spiro atoms. The SMILES string of the molecule is CCCN(CCC)C(C)(CN)Cc1ccccc1Cl. The molecule has 0 amide bonds. The van der Waals surface area contributed by atoms with Crippen molar-refractivity contribution in [2.45, 2.75) is 45.6 Å². The van der Waals surface area contributed by atoms with Crippen LogP contribution in [0.2, 0.25) is 5.02 Å². The maximum absolute atomic E-state index is 6.29. The first kappa shape index (κ1) is 16.5. The van der Waals surface area contributed by atoms with E-state index in [4.69, 9.17) is 17.3 Å². The van der Waals surface area contributed by atoms with Crippen molar-refractivity contribution in [1.82, 2.24) is 4.90 Å². The zero-order chi connectivity index (χ0) is 14.3. The van der Waals surface area contributed by atoms with E-state index in [9.17, 15) is 0 Å². The molecular formula is C16H27ClN2. The van der Waals surface area contributed by atoms with Gasteiger partial charge in [0.15, 0.2) is 0 Å². The summed E-state index contributed by atoms with van der Waals surface area (Å²) in [6.07, 6.45) is 3.21. The molecule has 0 fully saturated rings. The Bertz CT molecular complexity index is 375. The average Bonchev–Trinajstić information content (AvgIpc) is 2.41. The smallest absolute Gasteiger partial charge is 0.0438 e. The molecule has 1 rings (SSSR count). The Morgan fingerprint density at radius 1 is 1.16 bits per heavy atom. The van der Waals surface area contributed by atoms with Crippen LogP contribution >= 0.6 is 11.6 Å². The molecule has 1 unspecified atom stereocenters. The Balaban J connectivity index is 2.92. The van der Waals surface area contributed by atoms with E-state index in [1.165, 1.54) is 5.56 Å². The van der Waals surface area contributed by atoms with Gasteiger partial charge in [0.05, 0.1) is 0 Å². The monoisotopic (exact) mass is 282 g/mol. The fraction of sp³-hybridized carbons (Fsp3) is 0.625. The van der Waals surface area contributed by atoms with Crippen LogP contribution in [0.5, 0.6) is 0 Å². The van der Waals surface area contributed by atoms with Crippen LogP contribution in [0, 0.1) is 0 Å². The highest BCUT2D eigenvalue weighted by Crippen LogP contribution is 2.25. The van der Waals surface area contributed by atoms with Gasteiger partial charge in [0.1, 0.15) is 0 Å². The lowest BCUT2D eigenvalue weighted by atomic mass is 9.90. The van der Waals surface area contributed by atoms with Crippen molar-refractivity contribution in [3.05, 3.63) is 34.9 Å². The second kappa shape index (κ2) is 7.88. The lowest BCUT2D eigenvalue weighted by molar-refractivity contribution is 0.110. The number of hydrogen-bond acceptors (Lipinski definition) is 2. The summed E-state index contributed by atoms with van der Waals surface area (Å²) >= 11 is 6.29. The van der Waals surface area contributed by atoms with Gasteiger partial charge in [-0.15, -0.1) is 0 Å². The van der Waals surface area contributed by atoms with E-state index < -0.39 is 0 Å². The van der Waals surface area contributed by atoms with Crippen LogP contribution in [0.15, 0.2) is 24.3 Å². The molecular weight excluding hydrogens is 256 g/mol. The van der Waals surface area contributed by atoms with Gasteiger partial charge in [-0.05, 0) is 50.9 Å². The molecule has 0 saturated carbocycles. The van der Waals surface area contributed by atoms with Gasteiger partial charge in [0.2, 0.25) is 0 Å². The molecule has 0 saturated heterocycles. The van der Waals surface area contributed by atoms with Crippen molar-refractivity contribution < 1.29 is 0 Å². The maximum Gasteiger partial charge on any atom is 0.0438 e. The van der Waals surface area contributed by atoms with Gasteiger partial charge in [-0.25, -0.2) is 0 Å². The van der Waals surface area contributed by atoms with Crippen LogP contribution in [-0.4, -0.2) is 30.1 Å². The molecule has 1 aromatic rings. The second-order valence-corrected chi connectivity index (χ2v) is 5.86. The Morgan fingerprint density at radius 3 is 2.21 bits per heavy atom. The summed E-state index contributed by atoms with van der Waals surface area (Å²) in [4.78, 5) is 2.51. The molecule has 0 aliphatic carbocycles. The first-order valence-corrected chi connectivity index (χ1v) is 7.63. The summed E-state index contributed by atoms with van der Waals surface area (Å²) in [6, 6.07) is 8.08. The highest BCUT2D eigenvalue weighted by Gasteiger charge is 2.30. The van der Waals surface area contributed by atoms with Gasteiger partial charge in [0, 0.05) is 17.1 Å². The molecule has 1 atom stereocenters. The van der Waals surface area contributed by atoms with Crippen molar-refractivity contribution in [3.63, 3.8) is 0 Å². The highest BCUT2D eigenvalue weighted by atomic mass is 35.5. The second-order valence-electron chi connectivity index (χ2n) is 5.46. The average molecular weight is 283 g/mol. The van der Waals surface area contributed by atoms with Crippen LogP contribution in [0.1, 0.15) is 39.2 Å². The van der Waals surface area contributed by atoms with Gasteiger partial charge >= 0.3 is 0 Å². The van der Waals surface area contributed by atoms with Crippen molar-refractivity contribution in [2.24, 2.45) is 5.73 Å². The van der Waals surface area contributed by atoms with Crippen molar-refractivity contribution >= 4 is 11.6 Å². The highest BCUT2D eigenvalue weighted by molar-refractivity contribution is 6.31. The standard InChI is InChI=1S/C16H27ClN2/c1-4-10-19(11-5-2)16(3,13-18)12-14-8-6-7-9-15(14)17/h6-9H,4-5,10-13,18H2,1-3H3. The minimum absolute atomic E-state index is 0.0169. The fourth-order valence-electron chi connectivity index (χ4n) is 2.56.